The second-order valence-corrected chi connectivity index (χ2v) is 13.4. The van der Waals surface area contributed by atoms with Gasteiger partial charge in [0.05, 0.1) is 10.6 Å². The molecule has 0 bridgehead atoms. The van der Waals surface area contributed by atoms with Crippen molar-refractivity contribution in [1.29, 1.82) is 0 Å². The first-order valence-corrected chi connectivity index (χ1v) is 17.2. The predicted molar refractivity (Wildman–Crippen MR) is 183 cm³/mol. The summed E-state index contributed by atoms with van der Waals surface area (Å²) < 4.78 is 35.1. The largest absolute Gasteiger partial charge is 0.457 e. The van der Waals surface area contributed by atoms with Crippen molar-refractivity contribution in [3.05, 3.63) is 119 Å². The number of nitrogens with one attached hydrogen (secondary N) is 1. The van der Waals surface area contributed by atoms with Gasteiger partial charge in [0.25, 0.3) is 10.0 Å². The zero-order chi connectivity index (χ0) is 33.3. The number of sulfonamides is 1. The van der Waals surface area contributed by atoms with E-state index in [1.807, 2.05) is 32.0 Å². The zero-order valence-corrected chi connectivity index (χ0v) is 28.2. The van der Waals surface area contributed by atoms with Crippen LogP contribution >= 0.6 is 23.2 Å². The van der Waals surface area contributed by atoms with Gasteiger partial charge in [-0.1, -0.05) is 79.5 Å². The molecule has 1 N–H and O–H groups in total. The van der Waals surface area contributed by atoms with Gasteiger partial charge in [-0.15, -0.1) is 0 Å². The lowest BCUT2D eigenvalue weighted by atomic mass is 10.1. The molecule has 0 aliphatic heterocycles. The fourth-order valence-corrected chi connectivity index (χ4v) is 6.72. The summed E-state index contributed by atoms with van der Waals surface area (Å²) in [4.78, 5) is 29.2. The van der Waals surface area contributed by atoms with E-state index >= 15 is 0 Å². The molecule has 4 rings (SSSR count). The first-order valence-electron chi connectivity index (χ1n) is 15.0. The average Bonchev–Trinajstić information content (AvgIpc) is 3.06. The van der Waals surface area contributed by atoms with Gasteiger partial charge < -0.3 is 15.0 Å². The van der Waals surface area contributed by atoms with Crippen LogP contribution in [0.4, 0.5) is 5.69 Å². The molecule has 8 nitrogen and oxygen atoms in total. The maximum atomic E-state index is 14.3. The predicted octanol–water partition coefficient (Wildman–Crippen LogP) is 7.70. The number of rotatable bonds is 14. The van der Waals surface area contributed by atoms with Gasteiger partial charge in [0.15, 0.2) is 0 Å². The molecule has 0 saturated carbocycles. The van der Waals surface area contributed by atoms with Gasteiger partial charge in [-0.05, 0) is 80.4 Å². The molecule has 4 aromatic rings. The number of para-hydroxylation sites is 1. The van der Waals surface area contributed by atoms with Gasteiger partial charge in [0, 0.05) is 28.2 Å². The third kappa shape index (κ3) is 8.60. The number of hydrogen-bond acceptors (Lipinski definition) is 5. The maximum Gasteiger partial charge on any atom is 0.264 e. The molecule has 11 heteroatoms. The van der Waals surface area contributed by atoms with Gasteiger partial charge in [0.1, 0.15) is 24.1 Å². The summed E-state index contributed by atoms with van der Waals surface area (Å²) in [7, 11) is -4.23. The normalized spacial score (nSPS) is 12.5. The highest BCUT2D eigenvalue weighted by molar-refractivity contribution is 7.92. The van der Waals surface area contributed by atoms with Crippen molar-refractivity contribution in [3.8, 4) is 11.5 Å². The van der Waals surface area contributed by atoms with Crippen LogP contribution in [0.25, 0.3) is 0 Å². The number of carbonyl (C=O) groups is 2. The van der Waals surface area contributed by atoms with Crippen LogP contribution in [0.2, 0.25) is 10.0 Å². The first kappa shape index (κ1) is 34.8. The van der Waals surface area contributed by atoms with E-state index in [4.69, 9.17) is 27.9 Å². The molecule has 0 fully saturated rings. The molecule has 0 radical (unpaired) electrons. The number of hydrogen-bond donors (Lipinski definition) is 1. The molecule has 2 amide bonds. The Hall–Kier alpha value is -4.05. The van der Waals surface area contributed by atoms with Crippen molar-refractivity contribution in [2.75, 3.05) is 10.8 Å². The van der Waals surface area contributed by atoms with E-state index in [-0.39, 0.29) is 35.5 Å². The molecule has 0 spiro atoms. The lowest BCUT2D eigenvalue weighted by Gasteiger charge is -2.34. The van der Waals surface area contributed by atoms with E-state index in [1.165, 1.54) is 17.0 Å². The molecule has 2 atom stereocenters. The van der Waals surface area contributed by atoms with Crippen LogP contribution in [0.5, 0.6) is 11.5 Å². The van der Waals surface area contributed by atoms with E-state index in [1.54, 1.807) is 79.7 Å². The van der Waals surface area contributed by atoms with Crippen molar-refractivity contribution >= 4 is 50.7 Å². The highest BCUT2D eigenvalue weighted by Crippen LogP contribution is 2.30. The number of amides is 2. The van der Waals surface area contributed by atoms with Gasteiger partial charge in [0.2, 0.25) is 11.8 Å². The summed E-state index contributed by atoms with van der Waals surface area (Å²) in [6, 6.07) is 27.4. The van der Waals surface area contributed by atoms with E-state index in [0.717, 1.165) is 4.31 Å². The molecule has 0 heterocycles. The lowest BCUT2D eigenvalue weighted by Crippen LogP contribution is -2.53. The molecular formula is C35H37Cl2N3O5S. The summed E-state index contributed by atoms with van der Waals surface area (Å²) in [5, 5.41) is 3.60. The molecular weight excluding hydrogens is 645 g/mol. The third-order valence-corrected chi connectivity index (χ3v) is 9.99. The molecule has 242 valence electrons. The fraction of sp³-hybridized carbons (Fsp3) is 0.257. The molecule has 46 heavy (non-hydrogen) atoms. The second-order valence-electron chi connectivity index (χ2n) is 10.7. The van der Waals surface area contributed by atoms with Crippen LogP contribution in [0, 0.1) is 0 Å². The van der Waals surface area contributed by atoms with Gasteiger partial charge in [-0.25, -0.2) is 8.42 Å². The zero-order valence-electron chi connectivity index (χ0n) is 25.9. The molecule has 0 aromatic heterocycles. The lowest BCUT2D eigenvalue weighted by molar-refractivity contribution is -0.140. The van der Waals surface area contributed by atoms with Crippen molar-refractivity contribution < 1.29 is 22.7 Å². The number of halogens is 2. The van der Waals surface area contributed by atoms with Gasteiger partial charge in [-0.2, -0.15) is 0 Å². The molecule has 4 aromatic carbocycles. The highest BCUT2D eigenvalue weighted by Gasteiger charge is 2.34. The molecule has 0 aliphatic carbocycles. The monoisotopic (exact) mass is 681 g/mol. The minimum absolute atomic E-state index is 0.00895. The third-order valence-electron chi connectivity index (χ3n) is 7.49. The van der Waals surface area contributed by atoms with Gasteiger partial charge >= 0.3 is 0 Å². The van der Waals surface area contributed by atoms with Crippen molar-refractivity contribution in [3.63, 3.8) is 0 Å². The Balaban J connectivity index is 1.74. The number of carbonyl (C=O) groups excluding carboxylic acids is 2. The molecule has 0 saturated heterocycles. The van der Waals surface area contributed by atoms with Crippen LogP contribution in [0.3, 0.4) is 0 Å². The standard InChI is InChI=1S/C35H37Cl2N3O5S/c1-4-25(3)38-35(42)33(5-2)39(23-30-31(36)17-12-18-32(30)37)34(41)24-40(46(43,44)29-15-10-7-11-16-29)26-19-21-28(22-20-26)45-27-13-8-6-9-14-27/h6-22,25,33H,4-5,23-24H2,1-3H3,(H,38,42)/t25-,33+/m1/s1. The minimum atomic E-state index is -4.23. The van der Waals surface area contributed by atoms with Crippen LogP contribution in [0.1, 0.15) is 39.2 Å². The Kier molecular flexibility index (Phi) is 12.1. The van der Waals surface area contributed by atoms with Crippen LogP contribution < -0.4 is 14.4 Å². The number of ether oxygens (including phenoxy) is 1. The summed E-state index contributed by atoms with van der Waals surface area (Å²) >= 11 is 13.0. The minimum Gasteiger partial charge on any atom is -0.457 e. The smallest absolute Gasteiger partial charge is 0.264 e. The van der Waals surface area contributed by atoms with Gasteiger partial charge in [-0.3, -0.25) is 13.9 Å². The second kappa shape index (κ2) is 16.0. The summed E-state index contributed by atoms with van der Waals surface area (Å²) in [5.74, 6) is 0.148. The van der Waals surface area contributed by atoms with Crippen molar-refractivity contribution in [2.24, 2.45) is 0 Å². The summed E-state index contributed by atoms with van der Waals surface area (Å²) in [6.07, 6.45) is 0.965. The van der Waals surface area contributed by atoms with E-state index in [2.05, 4.69) is 5.32 Å². The van der Waals surface area contributed by atoms with Crippen molar-refractivity contribution in [2.45, 2.75) is 57.1 Å². The average molecular weight is 683 g/mol. The Morgan fingerprint density at radius 1 is 0.783 bits per heavy atom. The molecule has 0 aliphatic rings. The summed E-state index contributed by atoms with van der Waals surface area (Å²) in [5.41, 5.74) is 0.694. The van der Waals surface area contributed by atoms with Crippen LogP contribution in [-0.4, -0.2) is 43.8 Å². The Morgan fingerprint density at radius 2 is 1.35 bits per heavy atom. The SMILES string of the molecule is CC[C@@H](C)NC(=O)[C@H](CC)N(Cc1c(Cl)cccc1Cl)C(=O)CN(c1ccc(Oc2ccccc2)cc1)S(=O)(=O)c1ccccc1. The fourth-order valence-electron chi connectivity index (χ4n) is 4.77. The Bertz CT molecular complexity index is 1700. The maximum absolute atomic E-state index is 14.3. The van der Waals surface area contributed by atoms with Crippen LogP contribution in [0.15, 0.2) is 108 Å². The highest BCUT2D eigenvalue weighted by atomic mass is 35.5. The first-order chi connectivity index (χ1) is 22.0. The van der Waals surface area contributed by atoms with E-state index in [0.29, 0.717) is 33.5 Å². The van der Waals surface area contributed by atoms with Crippen LogP contribution in [-0.2, 0) is 26.2 Å². The number of nitrogens with zero attached hydrogens (tertiary/aromatic N) is 2. The van der Waals surface area contributed by atoms with E-state index < -0.39 is 28.5 Å². The Labute approximate surface area is 280 Å². The summed E-state index contributed by atoms with van der Waals surface area (Å²) in [6.45, 7) is 4.92. The van der Waals surface area contributed by atoms with E-state index in [9.17, 15) is 18.0 Å². The Morgan fingerprint density at radius 3 is 1.91 bits per heavy atom. The number of anilines is 1. The topological polar surface area (TPSA) is 96.0 Å². The van der Waals surface area contributed by atoms with Crippen molar-refractivity contribution in [1.82, 2.24) is 10.2 Å². The quantitative estimate of drug-likeness (QED) is 0.147. The number of benzene rings is 4. The molecule has 0 unspecified atom stereocenters.